The number of nitrogens with one attached hydrogen (secondary N) is 1. The fraction of sp³-hybridized carbons (Fsp3) is 0.312. The second-order valence-corrected chi connectivity index (χ2v) is 4.84. The van der Waals surface area contributed by atoms with Gasteiger partial charge in [0.2, 0.25) is 0 Å². The lowest BCUT2D eigenvalue weighted by Crippen LogP contribution is -2.21. The van der Waals surface area contributed by atoms with Crippen molar-refractivity contribution in [2.24, 2.45) is 0 Å². The monoisotopic (exact) mass is 258 g/mol. The minimum atomic E-state index is -0.146. The van der Waals surface area contributed by atoms with E-state index in [0.717, 1.165) is 22.4 Å². The maximum absolute atomic E-state index is 14.2. The van der Waals surface area contributed by atoms with E-state index >= 15 is 0 Å². The summed E-state index contributed by atoms with van der Waals surface area (Å²) >= 11 is 0. The first kappa shape index (κ1) is 13.7. The van der Waals surface area contributed by atoms with Gasteiger partial charge in [0.15, 0.2) is 0 Å². The van der Waals surface area contributed by atoms with Gasteiger partial charge in [-0.2, -0.15) is 0 Å². The van der Waals surface area contributed by atoms with Crippen LogP contribution in [0.3, 0.4) is 0 Å². The molecule has 0 aliphatic heterocycles. The molecule has 2 nitrogen and oxygen atoms in total. The van der Waals surface area contributed by atoms with Gasteiger partial charge in [-0.05, 0) is 50.2 Å². The zero-order valence-corrected chi connectivity index (χ0v) is 11.6. The first-order valence-corrected chi connectivity index (χ1v) is 6.45. The van der Waals surface area contributed by atoms with Gasteiger partial charge < -0.3 is 5.32 Å². The van der Waals surface area contributed by atoms with Crippen LogP contribution in [0.4, 0.5) is 4.39 Å². The largest absolute Gasteiger partial charge is 0.313 e. The van der Waals surface area contributed by atoms with E-state index in [-0.39, 0.29) is 11.9 Å². The van der Waals surface area contributed by atoms with E-state index in [1.165, 1.54) is 0 Å². The van der Waals surface area contributed by atoms with Crippen molar-refractivity contribution in [3.05, 3.63) is 64.7 Å². The van der Waals surface area contributed by atoms with Crippen molar-refractivity contribution in [2.75, 3.05) is 7.05 Å². The van der Waals surface area contributed by atoms with Gasteiger partial charge in [-0.1, -0.05) is 12.1 Å². The summed E-state index contributed by atoms with van der Waals surface area (Å²) in [4.78, 5) is 4.31. The highest BCUT2D eigenvalue weighted by molar-refractivity contribution is 5.35. The molecule has 0 saturated heterocycles. The Morgan fingerprint density at radius 3 is 2.63 bits per heavy atom. The first-order chi connectivity index (χ1) is 9.11. The minimum Gasteiger partial charge on any atom is -0.313 e. The number of rotatable bonds is 4. The maximum atomic E-state index is 14.2. The zero-order valence-electron chi connectivity index (χ0n) is 11.6. The Bertz CT molecular complexity index is 529. The van der Waals surface area contributed by atoms with Crippen LogP contribution in [-0.2, 0) is 6.42 Å². The molecule has 1 unspecified atom stereocenters. The molecule has 1 heterocycles. The minimum absolute atomic E-state index is 0.0597. The molecule has 1 aromatic carbocycles. The van der Waals surface area contributed by atoms with E-state index in [1.807, 2.05) is 45.2 Å². The Morgan fingerprint density at radius 1 is 1.26 bits per heavy atom. The molecule has 1 aromatic heterocycles. The lowest BCUT2D eigenvalue weighted by molar-refractivity contribution is 0.526. The summed E-state index contributed by atoms with van der Waals surface area (Å²) < 4.78 is 14.2. The molecule has 0 amide bonds. The van der Waals surface area contributed by atoms with Gasteiger partial charge in [-0.15, -0.1) is 0 Å². The van der Waals surface area contributed by atoms with Crippen molar-refractivity contribution >= 4 is 0 Å². The highest BCUT2D eigenvalue weighted by atomic mass is 19.1. The second kappa shape index (κ2) is 5.93. The Morgan fingerprint density at radius 2 is 2.05 bits per heavy atom. The molecular weight excluding hydrogens is 239 g/mol. The average Bonchev–Trinajstić information content (AvgIpc) is 2.37. The molecule has 19 heavy (non-hydrogen) atoms. The number of halogens is 1. The molecule has 0 fully saturated rings. The SMILES string of the molecule is CNC(Cc1ccccn1)c1c(C)cc(C)cc1F. The van der Waals surface area contributed by atoms with Gasteiger partial charge in [-0.25, -0.2) is 4.39 Å². The molecule has 0 bridgehead atoms. The van der Waals surface area contributed by atoms with Gasteiger partial charge in [0.25, 0.3) is 0 Å². The van der Waals surface area contributed by atoms with Crippen molar-refractivity contribution in [1.29, 1.82) is 0 Å². The number of benzene rings is 1. The highest BCUT2D eigenvalue weighted by Crippen LogP contribution is 2.25. The Kier molecular flexibility index (Phi) is 4.27. The van der Waals surface area contributed by atoms with E-state index in [1.54, 1.807) is 12.3 Å². The van der Waals surface area contributed by atoms with Crippen LogP contribution in [0.2, 0.25) is 0 Å². The molecule has 1 atom stereocenters. The lowest BCUT2D eigenvalue weighted by atomic mass is 9.95. The van der Waals surface area contributed by atoms with Crippen molar-refractivity contribution < 1.29 is 4.39 Å². The summed E-state index contributed by atoms with van der Waals surface area (Å²) in [5.41, 5.74) is 3.62. The second-order valence-electron chi connectivity index (χ2n) is 4.84. The number of pyridine rings is 1. The summed E-state index contributed by atoms with van der Waals surface area (Å²) in [5.74, 6) is -0.146. The molecule has 2 rings (SSSR count). The summed E-state index contributed by atoms with van der Waals surface area (Å²) in [7, 11) is 1.85. The van der Waals surface area contributed by atoms with E-state index in [2.05, 4.69) is 10.3 Å². The third-order valence-electron chi connectivity index (χ3n) is 3.32. The van der Waals surface area contributed by atoms with E-state index in [9.17, 15) is 4.39 Å². The van der Waals surface area contributed by atoms with Gasteiger partial charge in [-0.3, -0.25) is 4.98 Å². The van der Waals surface area contributed by atoms with E-state index < -0.39 is 0 Å². The smallest absolute Gasteiger partial charge is 0.128 e. The van der Waals surface area contributed by atoms with Crippen LogP contribution in [0.5, 0.6) is 0 Å². The van der Waals surface area contributed by atoms with Crippen LogP contribution in [0.25, 0.3) is 0 Å². The number of aromatic nitrogens is 1. The van der Waals surface area contributed by atoms with Crippen LogP contribution >= 0.6 is 0 Å². The third-order valence-corrected chi connectivity index (χ3v) is 3.32. The Labute approximate surface area is 113 Å². The van der Waals surface area contributed by atoms with Crippen LogP contribution in [0.15, 0.2) is 36.5 Å². The molecule has 0 aliphatic rings. The molecule has 0 spiro atoms. The van der Waals surface area contributed by atoms with Crippen molar-refractivity contribution in [3.63, 3.8) is 0 Å². The average molecular weight is 258 g/mol. The van der Waals surface area contributed by atoms with Crippen molar-refractivity contribution in [3.8, 4) is 0 Å². The topological polar surface area (TPSA) is 24.9 Å². The van der Waals surface area contributed by atoms with Gasteiger partial charge in [0.1, 0.15) is 5.82 Å². The van der Waals surface area contributed by atoms with Crippen LogP contribution in [0, 0.1) is 19.7 Å². The van der Waals surface area contributed by atoms with Gasteiger partial charge in [0.05, 0.1) is 0 Å². The van der Waals surface area contributed by atoms with Crippen LogP contribution in [-0.4, -0.2) is 12.0 Å². The van der Waals surface area contributed by atoms with E-state index in [4.69, 9.17) is 0 Å². The lowest BCUT2D eigenvalue weighted by Gasteiger charge is -2.20. The van der Waals surface area contributed by atoms with Gasteiger partial charge in [0, 0.05) is 29.9 Å². The fourth-order valence-electron chi connectivity index (χ4n) is 2.44. The standard InChI is InChI=1S/C16H19FN2/c1-11-8-12(2)16(14(17)9-11)15(18-3)10-13-6-4-5-7-19-13/h4-9,15,18H,10H2,1-3H3. The molecule has 0 saturated carbocycles. The predicted octanol–water partition coefficient (Wildman–Crippen LogP) is 3.34. The first-order valence-electron chi connectivity index (χ1n) is 6.45. The normalized spacial score (nSPS) is 12.4. The number of hydrogen-bond donors (Lipinski definition) is 1. The number of nitrogens with zero attached hydrogens (tertiary/aromatic N) is 1. The molecule has 100 valence electrons. The molecule has 3 heteroatoms. The van der Waals surface area contributed by atoms with Crippen LogP contribution in [0.1, 0.15) is 28.4 Å². The third kappa shape index (κ3) is 3.18. The number of likely N-dealkylation sites (N-methyl/N-ethyl adjacent to an activating group) is 1. The summed E-state index contributed by atoms with van der Waals surface area (Å²) in [6, 6.07) is 9.34. The Balaban J connectivity index is 2.32. The molecule has 0 radical (unpaired) electrons. The molecule has 0 aliphatic carbocycles. The quantitative estimate of drug-likeness (QED) is 0.909. The van der Waals surface area contributed by atoms with E-state index in [0.29, 0.717) is 6.42 Å². The van der Waals surface area contributed by atoms with Crippen molar-refractivity contribution in [2.45, 2.75) is 26.3 Å². The molecule has 2 aromatic rings. The Hall–Kier alpha value is -1.74. The summed E-state index contributed by atoms with van der Waals surface area (Å²) in [6.07, 6.45) is 2.44. The van der Waals surface area contributed by atoms with Gasteiger partial charge >= 0.3 is 0 Å². The number of aryl methyl sites for hydroxylation is 2. The fourth-order valence-corrected chi connectivity index (χ4v) is 2.44. The molecule has 1 N–H and O–H groups in total. The maximum Gasteiger partial charge on any atom is 0.128 e. The summed E-state index contributed by atoms with van der Waals surface area (Å²) in [6.45, 7) is 3.86. The summed E-state index contributed by atoms with van der Waals surface area (Å²) in [5, 5.41) is 3.19. The molecular formula is C16H19FN2. The van der Waals surface area contributed by atoms with Crippen LogP contribution < -0.4 is 5.32 Å². The highest BCUT2D eigenvalue weighted by Gasteiger charge is 2.17. The predicted molar refractivity (Wildman–Crippen MR) is 75.6 cm³/mol. The van der Waals surface area contributed by atoms with Crippen molar-refractivity contribution in [1.82, 2.24) is 10.3 Å². The zero-order chi connectivity index (χ0) is 13.8. The number of hydrogen-bond acceptors (Lipinski definition) is 2.